The van der Waals surface area contributed by atoms with E-state index in [4.69, 9.17) is 0 Å². The number of carboxylic acids is 1. The van der Waals surface area contributed by atoms with Crippen molar-refractivity contribution in [3.05, 3.63) is 0 Å². The van der Waals surface area contributed by atoms with Gasteiger partial charge in [-0.1, -0.05) is 6.92 Å². The van der Waals surface area contributed by atoms with Gasteiger partial charge in [-0.15, -0.1) is 0 Å². The first kappa shape index (κ1) is 14.8. The molecular formula is C15H28N2O2. The number of carbonyl (C=O) groups is 1. The van der Waals surface area contributed by atoms with Crippen molar-refractivity contribution in [1.82, 2.24) is 10.2 Å². The van der Waals surface area contributed by atoms with Gasteiger partial charge in [-0.05, 0) is 64.5 Å². The number of likely N-dealkylation sites (tertiary alicyclic amines) is 1. The van der Waals surface area contributed by atoms with Gasteiger partial charge in [0, 0.05) is 12.6 Å². The van der Waals surface area contributed by atoms with Crippen molar-refractivity contribution in [1.29, 1.82) is 0 Å². The SMILES string of the molecule is CC1CCCN(CCCC(C)(NC2CC2)C(=O)O)C1. The fourth-order valence-electron chi connectivity index (χ4n) is 3.07. The zero-order valence-electron chi connectivity index (χ0n) is 12.3. The van der Waals surface area contributed by atoms with E-state index in [0.717, 1.165) is 38.1 Å². The molecule has 0 amide bonds. The Morgan fingerprint density at radius 1 is 1.42 bits per heavy atom. The molecule has 4 heteroatoms. The Morgan fingerprint density at radius 3 is 2.74 bits per heavy atom. The molecule has 1 saturated heterocycles. The molecule has 0 aromatic heterocycles. The Bertz CT molecular complexity index is 317. The highest BCUT2D eigenvalue weighted by Gasteiger charge is 2.38. The standard InChI is InChI=1S/C15H28N2O2/c1-12-5-3-9-17(11-12)10-4-8-15(2,14(18)19)16-13-6-7-13/h12-13,16H,3-11H2,1-2H3,(H,18,19). The van der Waals surface area contributed by atoms with Crippen molar-refractivity contribution < 1.29 is 9.90 Å². The summed E-state index contributed by atoms with van der Waals surface area (Å²) >= 11 is 0. The maximum absolute atomic E-state index is 11.4. The third-order valence-electron chi connectivity index (χ3n) is 4.46. The normalized spacial score (nSPS) is 28.0. The third-order valence-corrected chi connectivity index (χ3v) is 4.46. The van der Waals surface area contributed by atoms with E-state index in [0.29, 0.717) is 6.04 Å². The summed E-state index contributed by atoms with van der Waals surface area (Å²) in [5.41, 5.74) is -0.734. The van der Waals surface area contributed by atoms with Crippen LogP contribution in [0.4, 0.5) is 0 Å². The average Bonchev–Trinajstić information content (AvgIpc) is 3.12. The van der Waals surface area contributed by atoms with Gasteiger partial charge in [-0.3, -0.25) is 10.1 Å². The van der Waals surface area contributed by atoms with E-state index in [2.05, 4.69) is 17.1 Å². The van der Waals surface area contributed by atoms with E-state index in [9.17, 15) is 9.90 Å². The van der Waals surface area contributed by atoms with Gasteiger partial charge in [-0.2, -0.15) is 0 Å². The molecule has 1 heterocycles. The third kappa shape index (κ3) is 4.46. The Kier molecular flexibility index (Phi) is 4.85. The van der Waals surface area contributed by atoms with Gasteiger partial charge in [0.05, 0.1) is 0 Å². The number of hydrogen-bond donors (Lipinski definition) is 2. The van der Waals surface area contributed by atoms with Gasteiger partial charge < -0.3 is 10.0 Å². The fourth-order valence-corrected chi connectivity index (χ4v) is 3.07. The van der Waals surface area contributed by atoms with Crippen molar-refractivity contribution >= 4 is 5.97 Å². The highest BCUT2D eigenvalue weighted by Crippen LogP contribution is 2.25. The highest BCUT2D eigenvalue weighted by atomic mass is 16.4. The Balaban J connectivity index is 1.73. The average molecular weight is 268 g/mol. The van der Waals surface area contributed by atoms with Gasteiger partial charge in [-0.25, -0.2) is 0 Å². The molecule has 2 atom stereocenters. The Hall–Kier alpha value is -0.610. The van der Waals surface area contributed by atoms with Crippen LogP contribution in [0.15, 0.2) is 0 Å². The summed E-state index contributed by atoms with van der Waals surface area (Å²) in [7, 11) is 0. The summed E-state index contributed by atoms with van der Waals surface area (Å²) in [6, 6.07) is 0.441. The molecule has 19 heavy (non-hydrogen) atoms. The van der Waals surface area contributed by atoms with Crippen LogP contribution >= 0.6 is 0 Å². The lowest BCUT2D eigenvalue weighted by molar-refractivity contribution is -0.144. The van der Waals surface area contributed by atoms with Crippen LogP contribution in [-0.4, -0.2) is 47.2 Å². The van der Waals surface area contributed by atoms with Crippen molar-refractivity contribution in [3.63, 3.8) is 0 Å². The zero-order valence-corrected chi connectivity index (χ0v) is 12.3. The molecule has 0 aromatic carbocycles. The van der Waals surface area contributed by atoms with Crippen molar-refractivity contribution in [2.45, 2.75) is 64.0 Å². The van der Waals surface area contributed by atoms with Gasteiger partial charge in [0.2, 0.25) is 0 Å². The summed E-state index contributed by atoms with van der Waals surface area (Å²) < 4.78 is 0. The minimum absolute atomic E-state index is 0.441. The van der Waals surface area contributed by atoms with E-state index in [1.807, 2.05) is 6.92 Å². The molecule has 0 radical (unpaired) electrons. The molecule has 0 aromatic rings. The van der Waals surface area contributed by atoms with Crippen LogP contribution in [0.5, 0.6) is 0 Å². The predicted molar refractivity (Wildman–Crippen MR) is 76.3 cm³/mol. The summed E-state index contributed by atoms with van der Waals surface area (Å²) in [6.45, 7) is 7.55. The minimum Gasteiger partial charge on any atom is -0.480 e. The van der Waals surface area contributed by atoms with E-state index in [1.54, 1.807) is 0 Å². The first-order valence-corrected chi connectivity index (χ1v) is 7.73. The minimum atomic E-state index is -0.734. The molecular weight excluding hydrogens is 240 g/mol. The monoisotopic (exact) mass is 268 g/mol. The van der Waals surface area contributed by atoms with Gasteiger partial charge >= 0.3 is 5.97 Å². The molecule has 4 nitrogen and oxygen atoms in total. The van der Waals surface area contributed by atoms with Gasteiger partial charge in [0.25, 0.3) is 0 Å². The number of nitrogens with one attached hydrogen (secondary N) is 1. The molecule has 2 aliphatic rings. The second-order valence-corrected chi connectivity index (χ2v) is 6.71. The summed E-state index contributed by atoms with van der Waals surface area (Å²) in [4.78, 5) is 13.9. The summed E-state index contributed by atoms with van der Waals surface area (Å²) in [6.07, 6.45) is 6.59. The van der Waals surface area contributed by atoms with Crippen molar-refractivity contribution in [2.75, 3.05) is 19.6 Å². The number of nitrogens with zero attached hydrogens (tertiary/aromatic N) is 1. The number of piperidine rings is 1. The molecule has 0 spiro atoms. The lowest BCUT2D eigenvalue weighted by Gasteiger charge is -2.32. The number of aliphatic carboxylic acids is 1. The number of carboxylic acid groups (broad SMARTS) is 1. The van der Waals surface area contributed by atoms with Gasteiger partial charge in [0.15, 0.2) is 0 Å². The second kappa shape index (κ2) is 6.23. The van der Waals surface area contributed by atoms with Crippen molar-refractivity contribution in [3.8, 4) is 0 Å². The largest absolute Gasteiger partial charge is 0.480 e. The molecule has 2 N–H and O–H groups in total. The number of hydrogen-bond acceptors (Lipinski definition) is 3. The quantitative estimate of drug-likeness (QED) is 0.742. The van der Waals surface area contributed by atoms with E-state index < -0.39 is 11.5 Å². The topological polar surface area (TPSA) is 52.6 Å². The fraction of sp³-hybridized carbons (Fsp3) is 0.933. The van der Waals surface area contributed by atoms with Crippen LogP contribution in [0.3, 0.4) is 0 Å². The maximum Gasteiger partial charge on any atom is 0.323 e. The summed E-state index contributed by atoms with van der Waals surface area (Å²) in [5.74, 6) is 0.0932. The molecule has 1 aliphatic carbocycles. The second-order valence-electron chi connectivity index (χ2n) is 6.71. The van der Waals surface area contributed by atoms with E-state index in [1.165, 1.54) is 25.9 Å². The van der Waals surface area contributed by atoms with Gasteiger partial charge in [0.1, 0.15) is 5.54 Å². The van der Waals surface area contributed by atoms with E-state index in [-0.39, 0.29) is 0 Å². The van der Waals surface area contributed by atoms with Crippen LogP contribution < -0.4 is 5.32 Å². The summed E-state index contributed by atoms with van der Waals surface area (Å²) in [5, 5.41) is 12.7. The lowest BCUT2D eigenvalue weighted by Crippen LogP contribution is -2.51. The van der Waals surface area contributed by atoms with Crippen LogP contribution in [0.25, 0.3) is 0 Å². The number of rotatable bonds is 7. The lowest BCUT2D eigenvalue weighted by atomic mass is 9.94. The molecule has 2 fully saturated rings. The van der Waals surface area contributed by atoms with Crippen LogP contribution in [-0.2, 0) is 4.79 Å². The predicted octanol–water partition coefficient (Wildman–Crippen LogP) is 2.09. The molecule has 2 unspecified atom stereocenters. The molecule has 1 saturated carbocycles. The Morgan fingerprint density at radius 2 is 2.16 bits per heavy atom. The first-order chi connectivity index (χ1) is 8.99. The highest BCUT2D eigenvalue weighted by molar-refractivity contribution is 5.78. The van der Waals surface area contributed by atoms with Crippen LogP contribution in [0.2, 0.25) is 0 Å². The Labute approximate surface area is 116 Å². The molecule has 110 valence electrons. The van der Waals surface area contributed by atoms with E-state index >= 15 is 0 Å². The molecule has 1 aliphatic heterocycles. The molecule has 0 bridgehead atoms. The maximum atomic E-state index is 11.4. The first-order valence-electron chi connectivity index (χ1n) is 7.73. The van der Waals surface area contributed by atoms with Crippen molar-refractivity contribution in [2.24, 2.45) is 5.92 Å². The zero-order chi connectivity index (χ0) is 13.9. The molecule has 2 rings (SSSR count). The smallest absolute Gasteiger partial charge is 0.323 e. The van der Waals surface area contributed by atoms with Crippen LogP contribution in [0.1, 0.15) is 52.4 Å². The van der Waals surface area contributed by atoms with Crippen LogP contribution in [0, 0.1) is 5.92 Å².